The van der Waals surface area contributed by atoms with Crippen LogP contribution in [0.1, 0.15) is 53.7 Å². The van der Waals surface area contributed by atoms with Crippen LogP contribution in [0.3, 0.4) is 0 Å². The van der Waals surface area contributed by atoms with Gasteiger partial charge >= 0.3 is 0 Å². The molecule has 218 valence electrons. The molecule has 1 N–H and O–H groups in total. The van der Waals surface area contributed by atoms with Crippen molar-refractivity contribution < 1.29 is 18.0 Å². The average Bonchev–Trinajstić information content (AvgIpc) is 2.97. The van der Waals surface area contributed by atoms with E-state index >= 15 is 0 Å². The zero-order valence-electron chi connectivity index (χ0n) is 23.6. The maximum absolute atomic E-state index is 13.2. The Morgan fingerprint density at radius 3 is 2.20 bits per heavy atom. The van der Waals surface area contributed by atoms with Crippen molar-refractivity contribution in [3.8, 4) is 0 Å². The molecule has 1 atom stereocenters. The molecule has 0 aliphatic carbocycles. The van der Waals surface area contributed by atoms with Gasteiger partial charge in [0.15, 0.2) is 9.84 Å². The second kappa shape index (κ2) is 14.1. The summed E-state index contributed by atoms with van der Waals surface area (Å²) in [6.07, 6.45) is 3.98. The number of carbonyl (C=O) groups is 2. The highest BCUT2D eigenvalue weighted by atomic mass is 35.5. The molecule has 0 aromatic heterocycles. The van der Waals surface area contributed by atoms with Crippen molar-refractivity contribution in [3.05, 3.63) is 101 Å². The Hall–Kier alpha value is -3.20. The fourth-order valence-electron chi connectivity index (χ4n) is 5.39. The number of likely N-dealkylation sites (N-methyl/N-ethyl adjacent to an activating group) is 1. The first-order valence-electron chi connectivity index (χ1n) is 14.1. The van der Waals surface area contributed by atoms with E-state index in [1.165, 1.54) is 6.26 Å². The first kappa shape index (κ1) is 30.8. The molecule has 0 bridgehead atoms. The van der Waals surface area contributed by atoms with Crippen molar-refractivity contribution in [2.75, 3.05) is 32.4 Å². The molecule has 7 nitrogen and oxygen atoms in total. The van der Waals surface area contributed by atoms with Crippen LogP contribution in [0.2, 0.25) is 5.02 Å². The van der Waals surface area contributed by atoms with Crippen LogP contribution in [0, 0.1) is 0 Å². The molecule has 0 unspecified atom stereocenters. The van der Waals surface area contributed by atoms with E-state index in [2.05, 4.69) is 10.2 Å². The van der Waals surface area contributed by atoms with Gasteiger partial charge in [0.2, 0.25) is 5.91 Å². The van der Waals surface area contributed by atoms with Crippen LogP contribution in [0.25, 0.3) is 0 Å². The molecule has 1 aliphatic rings. The lowest BCUT2D eigenvalue weighted by molar-refractivity contribution is -0.133. The second-order valence-electron chi connectivity index (χ2n) is 10.6. The van der Waals surface area contributed by atoms with Crippen molar-refractivity contribution in [1.29, 1.82) is 0 Å². The summed E-state index contributed by atoms with van der Waals surface area (Å²) in [4.78, 5) is 30.8. The van der Waals surface area contributed by atoms with Gasteiger partial charge in [0, 0.05) is 49.1 Å². The minimum atomic E-state index is -3.26. The fraction of sp³-hybridized carbons (Fsp3) is 0.375. The summed E-state index contributed by atoms with van der Waals surface area (Å²) in [5.74, 6) is -0.0654. The number of rotatable bonds is 11. The molecule has 1 heterocycles. The predicted octanol–water partition coefficient (Wildman–Crippen LogP) is 5.16. The van der Waals surface area contributed by atoms with Crippen LogP contribution in [-0.4, -0.2) is 68.5 Å². The van der Waals surface area contributed by atoms with Gasteiger partial charge in [-0.15, -0.1) is 0 Å². The van der Waals surface area contributed by atoms with Gasteiger partial charge in [0.1, 0.15) is 0 Å². The number of benzene rings is 3. The van der Waals surface area contributed by atoms with E-state index in [-0.39, 0.29) is 35.2 Å². The van der Waals surface area contributed by atoms with E-state index in [0.717, 1.165) is 50.0 Å². The van der Waals surface area contributed by atoms with Crippen LogP contribution < -0.4 is 5.32 Å². The highest BCUT2D eigenvalue weighted by molar-refractivity contribution is 7.90. The lowest BCUT2D eigenvalue weighted by Crippen LogP contribution is -2.48. The van der Waals surface area contributed by atoms with Crippen molar-refractivity contribution in [2.45, 2.75) is 49.6 Å². The molecular weight excluding hydrogens is 558 g/mol. The topological polar surface area (TPSA) is 86.8 Å². The third-order valence-corrected chi connectivity index (χ3v) is 9.09. The molecule has 1 aliphatic heterocycles. The van der Waals surface area contributed by atoms with Gasteiger partial charge in [-0.2, -0.15) is 0 Å². The summed E-state index contributed by atoms with van der Waals surface area (Å²) < 4.78 is 23.4. The lowest BCUT2D eigenvalue weighted by Gasteiger charge is -2.38. The first-order valence-corrected chi connectivity index (χ1v) is 16.3. The smallest absolute Gasteiger partial charge is 0.251 e. The Balaban J connectivity index is 1.31. The zero-order chi connectivity index (χ0) is 29.4. The number of likely N-dealkylation sites (tertiary alicyclic amines) is 1. The summed E-state index contributed by atoms with van der Waals surface area (Å²) in [5.41, 5.74) is 2.45. The Kier molecular flexibility index (Phi) is 10.6. The molecule has 0 spiro atoms. The van der Waals surface area contributed by atoms with E-state index in [1.54, 1.807) is 48.5 Å². The average molecular weight is 596 g/mol. The van der Waals surface area contributed by atoms with Gasteiger partial charge in [-0.25, -0.2) is 8.42 Å². The Bertz CT molecular complexity index is 1410. The quantitative estimate of drug-likeness (QED) is 0.331. The van der Waals surface area contributed by atoms with Crippen LogP contribution in [-0.2, 0) is 21.1 Å². The third kappa shape index (κ3) is 8.64. The summed E-state index contributed by atoms with van der Waals surface area (Å²) in [7, 11) is -3.26. The van der Waals surface area contributed by atoms with Crippen LogP contribution in [0.4, 0.5) is 0 Å². The molecule has 9 heteroatoms. The molecule has 3 aromatic carbocycles. The van der Waals surface area contributed by atoms with E-state index < -0.39 is 9.84 Å². The van der Waals surface area contributed by atoms with Crippen molar-refractivity contribution >= 4 is 33.3 Å². The molecular formula is C32H38ClN3O4S. The van der Waals surface area contributed by atoms with Crippen molar-refractivity contribution in [2.24, 2.45) is 0 Å². The molecule has 1 saturated heterocycles. The van der Waals surface area contributed by atoms with Crippen LogP contribution in [0.5, 0.6) is 0 Å². The maximum atomic E-state index is 13.2. The molecule has 2 amide bonds. The standard InChI is InChI=1S/C32H38ClN3O4S/c1-3-36(31(37)23-24-9-15-29(16-10-24)41(2,39)40)28-17-20-35(21-18-28)22-19-30(25-7-5-4-6-8-25)34-32(38)26-11-13-27(33)14-12-26/h4-16,28,30H,3,17-23H2,1-2H3,(H,34,38)/t30-/m1/s1. The molecule has 1 fully saturated rings. The third-order valence-electron chi connectivity index (χ3n) is 7.71. The van der Waals surface area contributed by atoms with Gasteiger partial charge in [0.05, 0.1) is 17.4 Å². The van der Waals surface area contributed by atoms with Gasteiger partial charge in [-0.1, -0.05) is 54.1 Å². The van der Waals surface area contributed by atoms with Gasteiger partial charge in [-0.05, 0) is 73.7 Å². The summed E-state index contributed by atoms with van der Waals surface area (Å²) >= 11 is 5.99. The van der Waals surface area contributed by atoms with E-state index in [9.17, 15) is 18.0 Å². The summed E-state index contributed by atoms with van der Waals surface area (Å²) in [6, 6.07) is 23.5. The largest absolute Gasteiger partial charge is 0.345 e. The minimum absolute atomic E-state index is 0.0621. The highest BCUT2D eigenvalue weighted by Gasteiger charge is 2.27. The normalized spacial score (nSPS) is 15.3. The monoisotopic (exact) mass is 595 g/mol. The number of nitrogens with zero attached hydrogens (tertiary/aromatic N) is 2. The van der Waals surface area contributed by atoms with Crippen molar-refractivity contribution in [3.63, 3.8) is 0 Å². The minimum Gasteiger partial charge on any atom is -0.345 e. The number of sulfone groups is 1. The number of hydrogen-bond donors (Lipinski definition) is 1. The first-order chi connectivity index (χ1) is 19.6. The highest BCUT2D eigenvalue weighted by Crippen LogP contribution is 2.22. The molecule has 3 aromatic rings. The number of carbonyl (C=O) groups excluding carboxylic acids is 2. The number of hydrogen-bond acceptors (Lipinski definition) is 5. The van der Waals surface area contributed by atoms with Crippen LogP contribution in [0.15, 0.2) is 83.8 Å². The summed E-state index contributed by atoms with van der Waals surface area (Å²) in [6.45, 7) is 5.23. The van der Waals surface area contributed by atoms with Gasteiger partial charge in [-0.3, -0.25) is 9.59 Å². The zero-order valence-corrected chi connectivity index (χ0v) is 25.2. The Morgan fingerprint density at radius 2 is 1.61 bits per heavy atom. The maximum Gasteiger partial charge on any atom is 0.251 e. The Labute approximate surface area is 248 Å². The SMILES string of the molecule is CCN(C(=O)Cc1ccc(S(C)(=O)=O)cc1)C1CCN(CC[C@@H](NC(=O)c2ccc(Cl)cc2)c2ccccc2)CC1. The van der Waals surface area contributed by atoms with E-state index in [0.29, 0.717) is 17.1 Å². The number of amides is 2. The Morgan fingerprint density at radius 1 is 0.976 bits per heavy atom. The molecule has 0 saturated carbocycles. The lowest BCUT2D eigenvalue weighted by atomic mass is 9.99. The number of halogens is 1. The van der Waals surface area contributed by atoms with E-state index in [1.807, 2.05) is 42.2 Å². The van der Waals surface area contributed by atoms with Crippen molar-refractivity contribution in [1.82, 2.24) is 15.1 Å². The summed E-state index contributed by atoms with van der Waals surface area (Å²) in [5, 5.41) is 3.79. The number of piperidine rings is 1. The predicted molar refractivity (Wildman–Crippen MR) is 163 cm³/mol. The fourth-order valence-corrected chi connectivity index (χ4v) is 6.14. The number of nitrogens with one attached hydrogen (secondary N) is 1. The second-order valence-corrected chi connectivity index (χ2v) is 13.0. The molecule has 0 radical (unpaired) electrons. The van der Waals surface area contributed by atoms with E-state index in [4.69, 9.17) is 11.6 Å². The van der Waals surface area contributed by atoms with Gasteiger partial charge in [0.25, 0.3) is 5.91 Å². The molecule has 41 heavy (non-hydrogen) atoms. The van der Waals surface area contributed by atoms with Crippen LogP contribution >= 0.6 is 11.6 Å². The van der Waals surface area contributed by atoms with Gasteiger partial charge < -0.3 is 15.1 Å². The molecule has 4 rings (SSSR count).